The minimum Gasteiger partial charge on any atom is -0.343 e. The molecule has 2 fully saturated rings. The number of rotatable bonds is 4. The lowest BCUT2D eigenvalue weighted by atomic mass is 9.63. The van der Waals surface area contributed by atoms with Gasteiger partial charge in [0.25, 0.3) is 0 Å². The van der Waals surface area contributed by atoms with Gasteiger partial charge in [-0.15, -0.1) is 0 Å². The highest BCUT2D eigenvalue weighted by Crippen LogP contribution is 2.46. The van der Waals surface area contributed by atoms with E-state index in [1.807, 2.05) is 7.05 Å². The van der Waals surface area contributed by atoms with E-state index >= 15 is 0 Å². The molecule has 1 atom stereocenters. The van der Waals surface area contributed by atoms with Crippen LogP contribution in [0.1, 0.15) is 39.5 Å². The molecule has 1 amide bonds. The summed E-state index contributed by atoms with van der Waals surface area (Å²) in [7, 11) is 1.86. The smallest absolute Gasteiger partial charge is 0.242 e. The van der Waals surface area contributed by atoms with Crippen LogP contribution in [0.5, 0.6) is 0 Å². The van der Waals surface area contributed by atoms with Crippen molar-refractivity contribution in [1.29, 1.82) is 5.26 Å². The number of nitriles is 1. The van der Waals surface area contributed by atoms with E-state index in [2.05, 4.69) is 24.8 Å². The molecule has 1 aliphatic carbocycles. The van der Waals surface area contributed by atoms with Gasteiger partial charge in [-0.2, -0.15) is 5.26 Å². The van der Waals surface area contributed by atoms with E-state index in [9.17, 15) is 10.1 Å². The van der Waals surface area contributed by atoms with Crippen molar-refractivity contribution < 1.29 is 4.79 Å². The van der Waals surface area contributed by atoms with Gasteiger partial charge in [0.1, 0.15) is 5.41 Å². The van der Waals surface area contributed by atoms with Crippen LogP contribution in [0.2, 0.25) is 0 Å². The maximum absolute atomic E-state index is 12.5. The Hall–Kier alpha value is -1.08. The average molecular weight is 263 g/mol. The quantitative estimate of drug-likeness (QED) is 0.778. The molecule has 2 rings (SSSR count). The normalized spacial score (nSPS) is 34.6. The monoisotopic (exact) mass is 263 g/mol. The number of amides is 1. The molecule has 106 valence electrons. The highest BCUT2D eigenvalue weighted by Gasteiger charge is 2.50. The SMILES string of the molecule is CCN1CCCC1CN(C)C(=O)C1(C#N)CC(C)C1. The van der Waals surface area contributed by atoms with Gasteiger partial charge in [-0.1, -0.05) is 13.8 Å². The van der Waals surface area contributed by atoms with Crippen LogP contribution >= 0.6 is 0 Å². The van der Waals surface area contributed by atoms with E-state index in [4.69, 9.17) is 0 Å². The summed E-state index contributed by atoms with van der Waals surface area (Å²) in [4.78, 5) is 16.7. The minimum absolute atomic E-state index is 0.0380. The van der Waals surface area contributed by atoms with Crippen molar-refractivity contribution in [2.45, 2.75) is 45.6 Å². The van der Waals surface area contributed by atoms with Crippen molar-refractivity contribution in [2.24, 2.45) is 11.3 Å². The van der Waals surface area contributed by atoms with E-state index in [1.54, 1.807) is 4.90 Å². The highest BCUT2D eigenvalue weighted by molar-refractivity contribution is 5.86. The lowest BCUT2D eigenvalue weighted by Crippen LogP contribution is -2.51. The van der Waals surface area contributed by atoms with Crippen LogP contribution in [0, 0.1) is 22.7 Å². The summed E-state index contributed by atoms with van der Waals surface area (Å²) in [6, 6.07) is 2.75. The average Bonchev–Trinajstić information content (AvgIpc) is 2.81. The Bertz CT molecular complexity index is 381. The molecule has 0 aromatic heterocycles. The second-order valence-corrected chi connectivity index (χ2v) is 6.32. The van der Waals surface area contributed by atoms with E-state index in [0.29, 0.717) is 12.0 Å². The molecule has 1 unspecified atom stereocenters. The molecule has 1 saturated carbocycles. The topological polar surface area (TPSA) is 47.3 Å². The zero-order chi connectivity index (χ0) is 14.0. The van der Waals surface area contributed by atoms with E-state index < -0.39 is 5.41 Å². The molecule has 19 heavy (non-hydrogen) atoms. The van der Waals surface area contributed by atoms with Gasteiger partial charge < -0.3 is 4.90 Å². The van der Waals surface area contributed by atoms with Crippen molar-refractivity contribution in [3.8, 4) is 6.07 Å². The molecule has 0 bridgehead atoms. The largest absolute Gasteiger partial charge is 0.343 e. The summed E-state index contributed by atoms with van der Waals surface area (Å²) in [5.41, 5.74) is -0.718. The zero-order valence-electron chi connectivity index (χ0n) is 12.4. The highest BCUT2D eigenvalue weighted by atomic mass is 16.2. The number of likely N-dealkylation sites (tertiary alicyclic amines) is 1. The number of nitrogens with zero attached hydrogens (tertiary/aromatic N) is 3. The number of carbonyl (C=O) groups excluding carboxylic acids is 1. The Balaban J connectivity index is 1.94. The van der Waals surface area contributed by atoms with Crippen molar-refractivity contribution in [3.05, 3.63) is 0 Å². The first kappa shape index (κ1) is 14.3. The molecular formula is C15H25N3O. The van der Waals surface area contributed by atoms with Crippen molar-refractivity contribution in [1.82, 2.24) is 9.80 Å². The fourth-order valence-corrected chi connectivity index (χ4v) is 3.73. The maximum atomic E-state index is 12.5. The number of hydrogen-bond acceptors (Lipinski definition) is 3. The Morgan fingerprint density at radius 3 is 2.74 bits per heavy atom. The first-order chi connectivity index (χ1) is 9.02. The Labute approximate surface area is 116 Å². The van der Waals surface area contributed by atoms with Gasteiger partial charge in [0, 0.05) is 19.6 Å². The van der Waals surface area contributed by atoms with Gasteiger partial charge in [-0.3, -0.25) is 9.69 Å². The maximum Gasteiger partial charge on any atom is 0.242 e. The Morgan fingerprint density at radius 1 is 1.53 bits per heavy atom. The zero-order valence-corrected chi connectivity index (χ0v) is 12.4. The van der Waals surface area contributed by atoms with Gasteiger partial charge >= 0.3 is 0 Å². The molecule has 1 saturated heterocycles. The summed E-state index contributed by atoms with van der Waals surface area (Å²) < 4.78 is 0. The first-order valence-corrected chi connectivity index (χ1v) is 7.43. The summed E-state index contributed by atoms with van der Waals surface area (Å²) in [6.45, 7) is 7.24. The second kappa shape index (κ2) is 5.50. The van der Waals surface area contributed by atoms with Gasteiger partial charge in [0.2, 0.25) is 5.91 Å². The summed E-state index contributed by atoms with van der Waals surface area (Å²) in [5.74, 6) is 0.548. The molecule has 4 heteroatoms. The molecule has 4 nitrogen and oxygen atoms in total. The number of likely N-dealkylation sites (N-methyl/N-ethyl adjacent to an activating group) is 2. The van der Waals surface area contributed by atoms with Crippen molar-refractivity contribution >= 4 is 5.91 Å². The number of carbonyl (C=O) groups is 1. The number of hydrogen-bond donors (Lipinski definition) is 0. The van der Waals surface area contributed by atoms with Crippen LogP contribution in [-0.2, 0) is 4.79 Å². The Kier molecular flexibility index (Phi) is 4.15. The van der Waals surface area contributed by atoms with Crippen LogP contribution < -0.4 is 0 Å². The third-order valence-corrected chi connectivity index (χ3v) is 4.75. The molecule has 2 aliphatic rings. The van der Waals surface area contributed by atoms with Crippen LogP contribution in [0.15, 0.2) is 0 Å². The molecule has 0 radical (unpaired) electrons. The summed E-state index contributed by atoms with van der Waals surface area (Å²) >= 11 is 0. The van der Waals surface area contributed by atoms with Gasteiger partial charge in [-0.25, -0.2) is 0 Å². The van der Waals surface area contributed by atoms with Crippen molar-refractivity contribution in [3.63, 3.8) is 0 Å². The molecule has 0 aromatic rings. The molecule has 0 aromatic carbocycles. The molecule has 0 N–H and O–H groups in total. The van der Waals surface area contributed by atoms with Gasteiger partial charge in [0.15, 0.2) is 0 Å². The molecule has 1 heterocycles. The summed E-state index contributed by atoms with van der Waals surface area (Å²) in [6.07, 6.45) is 3.85. The standard InChI is InChI=1S/C15H25N3O/c1-4-18-7-5-6-13(18)10-17(3)14(19)15(11-16)8-12(2)9-15/h12-13H,4-10H2,1-3H3. The van der Waals surface area contributed by atoms with Crippen LogP contribution in [0.4, 0.5) is 0 Å². The third-order valence-electron chi connectivity index (χ3n) is 4.75. The summed E-state index contributed by atoms with van der Waals surface area (Å²) in [5, 5.41) is 9.32. The van der Waals surface area contributed by atoms with E-state index in [1.165, 1.54) is 12.8 Å². The fraction of sp³-hybridized carbons (Fsp3) is 0.867. The van der Waals surface area contributed by atoms with E-state index in [-0.39, 0.29) is 5.91 Å². The van der Waals surface area contributed by atoms with Crippen LogP contribution in [0.3, 0.4) is 0 Å². The molecular weight excluding hydrogens is 238 g/mol. The lowest BCUT2D eigenvalue weighted by Gasteiger charge is -2.42. The Morgan fingerprint density at radius 2 is 2.21 bits per heavy atom. The fourth-order valence-electron chi connectivity index (χ4n) is 3.73. The van der Waals surface area contributed by atoms with Gasteiger partial charge in [0.05, 0.1) is 6.07 Å². The van der Waals surface area contributed by atoms with E-state index in [0.717, 1.165) is 32.5 Å². The van der Waals surface area contributed by atoms with Crippen molar-refractivity contribution in [2.75, 3.05) is 26.7 Å². The van der Waals surface area contributed by atoms with Crippen LogP contribution in [-0.4, -0.2) is 48.4 Å². The molecule has 0 spiro atoms. The van der Waals surface area contributed by atoms with Gasteiger partial charge in [-0.05, 0) is 44.7 Å². The minimum atomic E-state index is -0.718. The predicted octanol–water partition coefficient (Wildman–Crippen LogP) is 1.87. The molecule has 1 aliphatic heterocycles. The third kappa shape index (κ3) is 2.62. The second-order valence-electron chi connectivity index (χ2n) is 6.32. The lowest BCUT2D eigenvalue weighted by molar-refractivity contribution is -0.144. The first-order valence-electron chi connectivity index (χ1n) is 7.43. The van der Waals surface area contributed by atoms with Crippen LogP contribution in [0.25, 0.3) is 0 Å². The predicted molar refractivity (Wildman–Crippen MR) is 74.4 cm³/mol.